The predicted octanol–water partition coefficient (Wildman–Crippen LogP) is 0.470. The molecule has 0 N–H and O–H groups in total. The Morgan fingerprint density at radius 1 is 1.23 bits per heavy atom. The molecule has 4 rings (SSSR count). The lowest BCUT2D eigenvalue weighted by Crippen LogP contribution is -2.37. The number of hydrogen-bond donors (Lipinski definition) is 0. The number of rotatable bonds is 5. The van der Waals surface area contributed by atoms with Crippen LogP contribution in [0, 0.1) is 5.92 Å². The summed E-state index contributed by atoms with van der Waals surface area (Å²) in [6, 6.07) is 5.11. The Morgan fingerprint density at radius 2 is 2.08 bits per heavy atom. The number of likely N-dealkylation sites (tertiary alicyclic amines) is 1. The highest BCUT2D eigenvalue weighted by Crippen LogP contribution is 2.20. The first-order chi connectivity index (χ1) is 12.7. The largest absolute Gasteiger partial charge is 0.297 e. The van der Waals surface area contributed by atoms with Crippen molar-refractivity contribution in [2.75, 3.05) is 13.1 Å². The minimum Gasteiger partial charge on any atom is -0.297 e. The Balaban J connectivity index is 1.38. The number of aryl methyl sites for hydroxylation is 1. The summed E-state index contributed by atoms with van der Waals surface area (Å²) in [6.07, 6.45) is 7.43. The fraction of sp³-hybridized carbons (Fsp3) is 0.471. The first kappa shape index (κ1) is 16.6. The molecular weight excluding hydrogens is 332 g/mol. The van der Waals surface area contributed by atoms with Crippen molar-refractivity contribution in [3.05, 3.63) is 52.8 Å². The first-order valence-corrected chi connectivity index (χ1v) is 8.83. The Morgan fingerprint density at radius 3 is 2.77 bits per heavy atom. The highest BCUT2D eigenvalue weighted by atomic mass is 16.1. The summed E-state index contributed by atoms with van der Waals surface area (Å²) in [5, 5.41) is 16.6. The van der Waals surface area contributed by atoms with Gasteiger partial charge in [0.1, 0.15) is 0 Å². The molecule has 9 heteroatoms. The number of hydrogen-bond acceptors (Lipinski definition) is 6. The summed E-state index contributed by atoms with van der Waals surface area (Å²) in [7, 11) is 1.92. The third kappa shape index (κ3) is 3.57. The quantitative estimate of drug-likeness (QED) is 0.662. The lowest BCUT2D eigenvalue weighted by Gasteiger charge is -2.31. The van der Waals surface area contributed by atoms with Gasteiger partial charge in [-0.25, -0.2) is 9.36 Å². The summed E-state index contributed by atoms with van der Waals surface area (Å²) < 4.78 is 5.05. The smallest absolute Gasteiger partial charge is 0.266 e. The second-order valence-electron chi connectivity index (χ2n) is 6.73. The topological polar surface area (TPSA) is 86.7 Å². The molecule has 1 aliphatic rings. The molecule has 4 heterocycles. The minimum atomic E-state index is -0.0655. The molecule has 0 amide bonds. The zero-order valence-corrected chi connectivity index (χ0v) is 14.8. The monoisotopic (exact) mass is 354 g/mol. The third-order valence-corrected chi connectivity index (χ3v) is 4.92. The maximum absolute atomic E-state index is 12.2. The highest BCUT2D eigenvalue weighted by Gasteiger charge is 2.21. The van der Waals surface area contributed by atoms with Crippen molar-refractivity contribution in [1.29, 1.82) is 0 Å². The van der Waals surface area contributed by atoms with Gasteiger partial charge in [0.2, 0.25) is 0 Å². The van der Waals surface area contributed by atoms with Gasteiger partial charge in [-0.2, -0.15) is 5.10 Å². The summed E-state index contributed by atoms with van der Waals surface area (Å²) in [4.78, 5) is 14.6. The van der Waals surface area contributed by atoms with Crippen molar-refractivity contribution < 1.29 is 0 Å². The van der Waals surface area contributed by atoms with Crippen LogP contribution in [0.2, 0.25) is 0 Å². The van der Waals surface area contributed by atoms with E-state index in [1.165, 1.54) is 0 Å². The van der Waals surface area contributed by atoms with Crippen molar-refractivity contribution in [3.8, 4) is 5.82 Å². The van der Waals surface area contributed by atoms with Crippen LogP contribution >= 0.6 is 0 Å². The number of nitrogens with zero attached hydrogens (tertiary/aromatic N) is 8. The van der Waals surface area contributed by atoms with Crippen LogP contribution in [0.15, 0.2) is 41.6 Å². The molecule has 0 atom stereocenters. The normalized spacial score (nSPS) is 16.2. The van der Waals surface area contributed by atoms with Crippen LogP contribution in [0.4, 0.5) is 0 Å². The molecule has 1 fully saturated rings. The molecule has 26 heavy (non-hydrogen) atoms. The molecular formula is C17H22N8O. The van der Waals surface area contributed by atoms with Crippen molar-refractivity contribution in [2.45, 2.75) is 25.9 Å². The van der Waals surface area contributed by atoms with Gasteiger partial charge >= 0.3 is 0 Å². The zero-order valence-electron chi connectivity index (χ0n) is 14.8. The molecule has 0 spiro atoms. The van der Waals surface area contributed by atoms with Crippen LogP contribution in [0.1, 0.15) is 18.5 Å². The van der Waals surface area contributed by atoms with Crippen LogP contribution in [0.25, 0.3) is 5.82 Å². The molecule has 1 aliphatic heterocycles. The zero-order chi connectivity index (χ0) is 17.9. The minimum absolute atomic E-state index is 0.0655. The average molecular weight is 354 g/mol. The Kier molecular flexibility index (Phi) is 4.61. The lowest BCUT2D eigenvalue weighted by molar-refractivity contribution is 0.160. The fourth-order valence-corrected chi connectivity index (χ4v) is 3.35. The van der Waals surface area contributed by atoms with Crippen molar-refractivity contribution in [1.82, 2.24) is 39.5 Å². The van der Waals surface area contributed by atoms with E-state index in [1.54, 1.807) is 27.7 Å². The molecule has 3 aromatic rings. The van der Waals surface area contributed by atoms with Crippen LogP contribution in [0.3, 0.4) is 0 Å². The van der Waals surface area contributed by atoms with Crippen LogP contribution in [-0.4, -0.2) is 52.5 Å². The molecule has 0 aliphatic carbocycles. The molecule has 0 radical (unpaired) electrons. The Labute approximate surface area is 150 Å². The van der Waals surface area contributed by atoms with E-state index in [0.29, 0.717) is 18.3 Å². The van der Waals surface area contributed by atoms with Gasteiger partial charge in [-0.05, 0) is 44.0 Å². The van der Waals surface area contributed by atoms with Crippen molar-refractivity contribution >= 4 is 0 Å². The second kappa shape index (κ2) is 7.20. The van der Waals surface area contributed by atoms with E-state index < -0.39 is 0 Å². The first-order valence-electron chi connectivity index (χ1n) is 8.83. The van der Waals surface area contributed by atoms with E-state index in [-0.39, 0.29) is 5.56 Å². The van der Waals surface area contributed by atoms with E-state index in [2.05, 4.69) is 25.4 Å². The van der Waals surface area contributed by atoms with E-state index >= 15 is 0 Å². The number of aromatic nitrogens is 7. The van der Waals surface area contributed by atoms with Gasteiger partial charge in [0, 0.05) is 38.6 Å². The van der Waals surface area contributed by atoms with E-state index in [1.807, 2.05) is 30.2 Å². The molecule has 9 nitrogen and oxygen atoms in total. The summed E-state index contributed by atoms with van der Waals surface area (Å²) in [5.41, 5.74) is 1.05. The third-order valence-electron chi connectivity index (χ3n) is 4.92. The molecule has 0 saturated carbocycles. The standard InChI is InChI=1S/C17H22N8O/c1-22-15(11-18-21-22)13-23-9-5-14(6-10-23)12-25-17(26)4-3-16(20-25)24-8-2-7-19-24/h2-4,7-8,11,14H,5-6,9-10,12-13H2,1H3. The Hall–Kier alpha value is -2.81. The van der Waals surface area contributed by atoms with Crippen LogP contribution in [-0.2, 0) is 20.1 Å². The maximum Gasteiger partial charge on any atom is 0.266 e. The van der Waals surface area contributed by atoms with Gasteiger partial charge in [0.25, 0.3) is 5.56 Å². The molecule has 0 aromatic carbocycles. The molecule has 1 saturated heterocycles. The highest BCUT2D eigenvalue weighted by molar-refractivity contribution is 5.17. The molecule has 0 unspecified atom stereocenters. The van der Waals surface area contributed by atoms with Crippen molar-refractivity contribution in [2.24, 2.45) is 13.0 Å². The summed E-state index contributed by atoms with van der Waals surface area (Å²) >= 11 is 0. The van der Waals surface area contributed by atoms with Crippen molar-refractivity contribution in [3.63, 3.8) is 0 Å². The fourth-order valence-electron chi connectivity index (χ4n) is 3.35. The Bertz CT molecular complexity index is 905. The predicted molar refractivity (Wildman–Crippen MR) is 94.6 cm³/mol. The lowest BCUT2D eigenvalue weighted by atomic mass is 9.97. The molecule has 0 bridgehead atoms. The van der Waals surface area contributed by atoms with Gasteiger partial charge in [-0.1, -0.05) is 5.21 Å². The van der Waals surface area contributed by atoms with Gasteiger partial charge in [-0.3, -0.25) is 14.4 Å². The molecule has 136 valence electrons. The van der Waals surface area contributed by atoms with Crippen LogP contribution < -0.4 is 5.56 Å². The molecule has 3 aromatic heterocycles. The SMILES string of the molecule is Cn1nncc1CN1CCC(Cn2nc(-n3cccn3)ccc2=O)CC1. The number of piperidine rings is 1. The van der Waals surface area contributed by atoms with Gasteiger partial charge < -0.3 is 0 Å². The summed E-state index contributed by atoms with van der Waals surface area (Å²) in [5.74, 6) is 1.12. The maximum atomic E-state index is 12.2. The van der Waals surface area contributed by atoms with Gasteiger partial charge in [-0.15, -0.1) is 10.2 Å². The second-order valence-corrected chi connectivity index (χ2v) is 6.73. The van der Waals surface area contributed by atoms with Gasteiger partial charge in [0.15, 0.2) is 5.82 Å². The van der Waals surface area contributed by atoms with Crippen LogP contribution in [0.5, 0.6) is 0 Å². The van der Waals surface area contributed by atoms with E-state index in [9.17, 15) is 4.79 Å². The average Bonchev–Trinajstić information content (AvgIpc) is 3.31. The van der Waals surface area contributed by atoms with E-state index in [4.69, 9.17) is 0 Å². The van der Waals surface area contributed by atoms with Gasteiger partial charge in [0.05, 0.1) is 11.9 Å². The summed E-state index contributed by atoms with van der Waals surface area (Å²) in [6.45, 7) is 3.52. The van der Waals surface area contributed by atoms with E-state index in [0.717, 1.165) is 38.2 Å².